The van der Waals surface area contributed by atoms with Crippen LogP contribution in [0.5, 0.6) is 0 Å². The van der Waals surface area contributed by atoms with Crippen molar-refractivity contribution in [2.75, 3.05) is 0 Å². The summed E-state index contributed by atoms with van der Waals surface area (Å²) >= 11 is 0. The summed E-state index contributed by atoms with van der Waals surface area (Å²) in [6, 6.07) is 42.3. The van der Waals surface area contributed by atoms with Crippen LogP contribution in [0.3, 0.4) is 0 Å². The van der Waals surface area contributed by atoms with Crippen LogP contribution in [0.25, 0.3) is 99.9 Å². The molecule has 1 aliphatic carbocycles. The minimum absolute atomic E-state index is 0.596. The van der Waals surface area contributed by atoms with E-state index in [0.29, 0.717) is 17.5 Å². The second kappa shape index (κ2) is 9.15. The lowest BCUT2D eigenvalue weighted by Gasteiger charge is -2.11. The first-order valence-electron chi connectivity index (χ1n) is 15.0. The second-order valence-electron chi connectivity index (χ2n) is 11.5. The van der Waals surface area contributed by atoms with E-state index in [1.807, 2.05) is 18.2 Å². The Balaban J connectivity index is 1.26. The minimum Gasteiger partial charge on any atom is -0.454 e. The number of hydrogen-bond acceptors (Lipinski definition) is 5. The largest absolute Gasteiger partial charge is 0.454 e. The minimum atomic E-state index is 0.596. The molecule has 10 rings (SSSR count). The second-order valence-corrected chi connectivity index (χ2v) is 11.5. The predicted octanol–water partition coefficient (Wildman–Crippen LogP) is 10.1. The van der Waals surface area contributed by atoms with Crippen molar-refractivity contribution in [3.8, 4) is 56.4 Å². The molecule has 0 saturated carbocycles. The molecule has 0 radical (unpaired) electrons. The summed E-state index contributed by atoms with van der Waals surface area (Å²) in [5.41, 5.74) is 9.25. The highest BCUT2D eigenvalue weighted by Crippen LogP contribution is 2.48. The van der Waals surface area contributed by atoms with E-state index in [2.05, 4.69) is 108 Å². The fourth-order valence-electron chi connectivity index (χ4n) is 6.90. The number of rotatable bonds is 3. The van der Waals surface area contributed by atoms with Crippen LogP contribution in [0.2, 0.25) is 0 Å². The maximum absolute atomic E-state index is 6.18. The molecule has 3 heterocycles. The van der Waals surface area contributed by atoms with Gasteiger partial charge in [0.2, 0.25) is 0 Å². The number of benzene rings is 6. The Kier molecular flexibility index (Phi) is 4.93. The van der Waals surface area contributed by atoms with Gasteiger partial charge in [-0.2, -0.15) is 0 Å². The van der Waals surface area contributed by atoms with Crippen LogP contribution in [-0.4, -0.2) is 19.9 Å². The average Bonchev–Trinajstić information content (AvgIpc) is 3.65. The predicted molar refractivity (Wildman–Crippen MR) is 181 cm³/mol. The molecular weight excluding hydrogens is 552 g/mol. The molecule has 1 aliphatic rings. The molecule has 5 nitrogen and oxygen atoms in total. The quantitative estimate of drug-likeness (QED) is 0.210. The van der Waals surface area contributed by atoms with E-state index in [-0.39, 0.29) is 0 Å². The molecule has 208 valence electrons. The summed E-state index contributed by atoms with van der Waals surface area (Å²) in [5, 5.41) is 6.69. The molecule has 9 aromatic rings. The van der Waals surface area contributed by atoms with Gasteiger partial charge in [-0.25, -0.2) is 15.0 Å². The van der Waals surface area contributed by atoms with Gasteiger partial charge in [-0.3, -0.25) is 4.98 Å². The molecule has 5 heteroatoms. The van der Waals surface area contributed by atoms with Gasteiger partial charge in [0.15, 0.2) is 23.1 Å². The highest BCUT2D eigenvalue weighted by Gasteiger charge is 2.23. The van der Waals surface area contributed by atoms with Crippen molar-refractivity contribution < 1.29 is 4.42 Å². The van der Waals surface area contributed by atoms with E-state index in [1.165, 1.54) is 38.4 Å². The zero-order valence-electron chi connectivity index (χ0n) is 23.9. The van der Waals surface area contributed by atoms with Crippen molar-refractivity contribution in [2.45, 2.75) is 0 Å². The lowest BCUT2D eigenvalue weighted by Crippen LogP contribution is -2.00. The number of pyridine rings is 1. The molecular formula is C40H22N4O. The molecule has 0 fully saturated rings. The molecule has 0 saturated heterocycles. The molecule has 0 spiro atoms. The fourth-order valence-corrected chi connectivity index (χ4v) is 6.90. The monoisotopic (exact) mass is 574 g/mol. The van der Waals surface area contributed by atoms with Gasteiger partial charge in [-0.15, -0.1) is 0 Å². The van der Waals surface area contributed by atoms with E-state index >= 15 is 0 Å². The Morgan fingerprint density at radius 3 is 2.02 bits per heavy atom. The van der Waals surface area contributed by atoms with Crippen molar-refractivity contribution in [1.82, 2.24) is 19.9 Å². The van der Waals surface area contributed by atoms with Gasteiger partial charge >= 0.3 is 0 Å². The maximum Gasteiger partial charge on any atom is 0.164 e. The molecule has 0 atom stereocenters. The topological polar surface area (TPSA) is 64.7 Å². The van der Waals surface area contributed by atoms with Crippen molar-refractivity contribution in [2.24, 2.45) is 0 Å². The first-order valence-corrected chi connectivity index (χ1v) is 15.0. The van der Waals surface area contributed by atoms with Crippen LogP contribution in [0.4, 0.5) is 0 Å². The molecule has 6 aromatic carbocycles. The first kappa shape index (κ1) is 24.3. The van der Waals surface area contributed by atoms with Crippen molar-refractivity contribution >= 4 is 43.5 Å². The van der Waals surface area contributed by atoms with Gasteiger partial charge in [0, 0.05) is 33.7 Å². The highest BCUT2D eigenvalue weighted by atomic mass is 16.3. The van der Waals surface area contributed by atoms with Gasteiger partial charge < -0.3 is 4.42 Å². The van der Waals surface area contributed by atoms with E-state index in [1.54, 1.807) is 12.4 Å². The molecule has 0 N–H and O–H groups in total. The van der Waals surface area contributed by atoms with Gasteiger partial charge in [0.25, 0.3) is 0 Å². The van der Waals surface area contributed by atoms with Gasteiger partial charge in [0.1, 0.15) is 5.58 Å². The van der Waals surface area contributed by atoms with Crippen molar-refractivity contribution in [3.63, 3.8) is 0 Å². The zero-order chi connectivity index (χ0) is 29.5. The summed E-state index contributed by atoms with van der Waals surface area (Å²) in [5.74, 6) is 1.85. The Bertz CT molecular complexity index is 2670. The Labute approximate surface area is 257 Å². The first-order chi connectivity index (χ1) is 22.3. The smallest absolute Gasteiger partial charge is 0.164 e. The summed E-state index contributed by atoms with van der Waals surface area (Å²) in [4.78, 5) is 19.7. The van der Waals surface area contributed by atoms with Crippen LogP contribution in [-0.2, 0) is 0 Å². The molecule has 3 aromatic heterocycles. The standard InChI is InChI=1S/C40H22N4O/c1-2-8-24-19-26(16-15-23(24)7-1)38-42-39(27-20-25-9-5-12-30-28-10-3-4-11-29(28)33(21-27)36(25)30)44-40(43-38)32-13-6-14-34-37(32)31-17-18-41-22-35(31)45-34/h1-22H. The van der Waals surface area contributed by atoms with Gasteiger partial charge in [-0.05, 0) is 74.1 Å². The van der Waals surface area contributed by atoms with E-state index in [9.17, 15) is 0 Å². The van der Waals surface area contributed by atoms with E-state index in [0.717, 1.165) is 44.0 Å². The number of aromatic nitrogens is 4. The third-order valence-corrected chi connectivity index (χ3v) is 8.93. The normalized spacial score (nSPS) is 12.0. The molecule has 0 amide bonds. The number of furan rings is 1. The molecule has 0 unspecified atom stereocenters. The SMILES string of the molecule is c1ccc2c(c1)-c1cccc3cc(-c4nc(-c5ccc6ccccc6c5)nc(-c5cccc6oc7cnccc7c56)n4)cc-2c13. The molecule has 0 bridgehead atoms. The lowest BCUT2D eigenvalue weighted by atomic mass is 9.99. The lowest BCUT2D eigenvalue weighted by molar-refractivity contribution is 0.667. The molecule has 0 aliphatic heterocycles. The number of nitrogens with zero attached hydrogens (tertiary/aromatic N) is 4. The highest BCUT2D eigenvalue weighted by molar-refractivity contribution is 6.16. The number of hydrogen-bond donors (Lipinski definition) is 0. The van der Waals surface area contributed by atoms with Crippen molar-refractivity contribution in [1.29, 1.82) is 0 Å². The van der Waals surface area contributed by atoms with Crippen LogP contribution < -0.4 is 0 Å². The fraction of sp³-hybridized carbons (Fsp3) is 0. The van der Waals surface area contributed by atoms with Crippen LogP contribution in [0, 0.1) is 0 Å². The van der Waals surface area contributed by atoms with E-state index in [4.69, 9.17) is 19.4 Å². The Morgan fingerprint density at radius 2 is 1.11 bits per heavy atom. The van der Waals surface area contributed by atoms with Gasteiger partial charge in [0.05, 0.1) is 6.20 Å². The Hall–Kier alpha value is -6.20. The summed E-state index contributed by atoms with van der Waals surface area (Å²) in [6.07, 6.45) is 3.54. The van der Waals surface area contributed by atoms with Crippen LogP contribution in [0.15, 0.2) is 138 Å². The zero-order valence-corrected chi connectivity index (χ0v) is 23.9. The summed E-state index contributed by atoms with van der Waals surface area (Å²) in [7, 11) is 0. The Morgan fingerprint density at radius 1 is 0.422 bits per heavy atom. The average molecular weight is 575 g/mol. The van der Waals surface area contributed by atoms with Gasteiger partial charge in [-0.1, -0.05) is 91.0 Å². The molecule has 45 heavy (non-hydrogen) atoms. The van der Waals surface area contributed by atoms with Crippen molar-refractivity contribution in [3.05, 3.63) is 134 Å². The number of fused-ring (bicyclic) bond motifs is 7. The third-order valence-electron chi connectivity index (χ3n) is 8.93. The van der Waals surface area contributed by atoms with E-state index < -0.39 is 0 Å². The third kappa shape index (κ3) is 3.61. The summed E-state index contributed by atoms with van der Waals surface area (Å²) in [6.45, 7) is 0. The van der Waals surface area contributed by atoms with Crippen LogP contribution >= 0.6 is 0 Å². The van der Waals surface area contributed by atoms with Crippen LogP contribution in [0.1, 0.15) is 0 Å². The summed E-state index contributed by atoms with van der Waals surface area (Å²) < 4.78 is 6.18. The maximum atomic E-state index is 6.18.